The Balaban J connectivity index is 1.80. The summed E-state index contributed by atoms with van der Waals surface area (Å²) >= 11 is 1.78. The Morgan fingerprint density at radius 3 is 3.00 bits per heavy atom. The first kappa shape index (κ1) is 15.3. The van der Waals surface area contributed by atoms with Crippen LogP contribution < -0.4 is 5.32 Å². The number of rotatable bonds is 6. The number of pyridine rings is 1. The van der Waals surface area contributed by atoms with E-state index < -0.39 is 0 Å². The highest BCUT2D eigenvalue weighted by Gasteiger charge is 2.27. The summed E-state index contributed by atoms with van der Waals surface area (Å²) in [5, 5.41) is 11.7. The minimum Gasteiger partial charge on any atom is -0.346 e. The van der Waals surface area contributed by atoms with E-state index in [0.717, 1.165) is 36.5 Å². The lowest BCUT2D eigenvalue weighted by molar-refractivity contribution is -0.125. The Morgan fingerprint density at radius 2 is 2.23 bits per heavy atom. The summed E-state index contributed by atoms with van der Waals surface area (Å²) in [5.74, 6) is 2.17. The van der Waals surface area contributed by atoms with Crippen LogP contribution in [0.2, 0.25) is 0 Å². The molecule has 3 rings (SSSR count). The van der Waals surface area contributed by atoms with E-state index in [1.165, 1.54) is 12.8 Å². The van der Waals surface area contributed by atoms with Gasteiger partial charge in [0.25, 0.3) is 0 Å². The minimum atomic E-state index is -0.0713. The molecule has 1 N–H and O–H groups in total. The first-order valence-electron chi connectivity index (χ1n) is 7.88. The van der Waals surface area contributed by atoms with Gasteiger partial charge in [-0.2, -0.15) is 11.8 Å². The number of aromatic nitrogens is 3. The second-order valence-corrected chi connectivity index (χ2v) is 6.80. The molecule has 1 aliphatic rings. The third kappa shape index (κ3) is 3.27. The van der Waals surface area contributed by atoms with E-state index in [4.69, 9.17) is 0 Å². The first-order valence-corrected chi connectivity index (χ1v) is 9.28. The van der Waals surface area contributed by atoms with Gasteiger partial charge in [0.15, 0.2) is 11.5 Å². The number of nitrogens with one attached hydrogen (secondary N) is 1. The molecule has 0 aliphatic heterocycles. The Hall–Kier alpha value is -1.56. The second kappa shape index (κ2) is 7.13. The van der Waals surface area contributed by atoms with E-state index in [1.54, 1.807) is 11.8 Å². The van der Waals surface area contributed by atoms with Gasteiger partial charge >= 0.3 is 0 Å². The molecule has 1 atom stereocenters. The first-order chi connectivity index (χ1) is 10.8. The number of nitrogens with zero attached hydrogens (tertiary/aromatic N) is 3. The summed E-state index contributed by atoms with van der Waals surface area (Å²) < 4.78 is 1.97. The van der Waals surface area contributed by atoms with Crippen molar-refractivity contribution in [3.8, 4) is 0 Å². The smallest absolute Gasteiger partial charge is 0.223 e. The van der Waals surface area contributed by atoms with Gasteiger partial charge in [0.05, 0.1) is 6.04 Å². The van der Waals surface area contributed by atoms with Crippen molar-refractivity contribution in [1.82, 2.24) is 19.9 Å². The van der Waals surface area contributed by atoms with Crippen LogP contribution in [0.25, 0.3) is 5.65 Å². The Bertz CT molecular complexity index is 636. The lowest BCUT2D eigenvalue weighted by Crippen LogP contribution is -2.34. The Kier molecular flexibility index (Phi) is 4.97. The molecule has 0 radical (unpaired) electrons. The lowest BCUT2D eigenvalue weighted by atomic mass is 10.1. The number of fused-ring (bicyclic) bond motifs is 1. The van der Waals surface area contributed by atoms with Gasteiger partial charge in [0.2, 0.25) is 5.91 Å². The van der Waals surface area contributed by atoms with Gasteiger partial charge in [-0.1, -0.05) is 18.9 Å². The molecule has 2 aromatic heterocycles. The van der Waals surface area contributed by atoms with E-state index >= 15 is 0 Å². The summed E-state index contributed by atoms with van der Waals surface area (Å²) in [5.41, 5.74) is 0.821. The monoisotopic (exact) mass is 318 g/mol. The third-order valence-corrected chi connectivity index (χ3v) is 4.95. The van der Waals surface area contributed by atoms with Crippen LogP contribution in [0.15, 0.2) is 24.4 Å². The highest BCUT2D eigenvalue weighted by molar-refractivity contribution is 7.98. The molecule has 0 aromatic carbocycles. The van der Waals surface area contributed by atoms with E-state index in [9.17, 15) is 4.79 Å². The molecule has 2 heterocycles. The maximum atomic E-state index is 12.5. The normalized spacial score (nSPS) is 17.0. The number of hydrogen-bond acceptors (Lipinski definition) is 4. The van der Waals surface area contributed by atoms with Crippen molar-refractivity contribution < 1.29 is 4.79 Å². The van der Waals surface area contributed by atoms with E-state index in [2.05, 4.69) is 21.8 Å². The largest absolute Gasteiger partial charge is 0.346 e. The highest BCUT2D eigenvalue weighted by atomic mass is 32.2. The van der Waals surface area contributed by atoms with Gasteiger partial charge in [-0.15, -0.1) is 10.2 Å². The van der Waals surface area contributed by atoms with Crippen molar-refractivity contribution in [2.45, 2.75) is 38.1 Å². The van der Waals surface area contributed by atoms with Gasteiger partial charge in [-0.3, -0.25) is 9.20 Å². The molecule has 22 heavy (non-hydrogen) atoms. The number of hydrogen-bond donors (Lipinski definition) is 1. The summed E-state index contributed by atoms with van der Waals surface area (Å²) in [7, 11) is 0. The number of carbonyl (C=O) groups excluding carboxylic acids is 1. The van der Waals surface area contributed by atoms with Crippen molar-refractivity contribution in [2.24, 2.45) is 5.92 Å². The van der Waals surface area contributed by atoms with Crippen molar-refractivity contribution in [1.29, 1.82) is 0 Å². The van der Waals surface area contributed by atoms with Crippen LogP contribution in [0.5, 0.6) is 0 Å². The summed E-state index contributed by atoms with van der Waals surface area (Å²) in [6.45, 7) is 0. The predicted molar refractivity (Wildman–Crippen MR) is 88.8 cm³/mol. The van der Waals surface area contributed by atoms with Crippen molar-refractivity contribution in [3.63, 3.8) is 0 Å². The molecule has 1 saturated carbocycles. The topological polar surface area (TPSA) is 59.3 Å². The van der Waals surface area contributed by atoms with Crippen LogP contribution in [-0.4, -0.2) is 32.5 Å². The van der Waals surface area contributed by atoms with Crippen LogP contribution in [-0.2, 0) is 4.79 Å². The molecule has 6 heteroatoms. The standard InChI is InChI=1S/C16H22N4OS/c1-22-11-9-13(17-16(21)12-6-2-3-7-12)15-19-18-14-8-4-5-10-20(14)15/h4-5,8,10,12-13H,2-3,6-7,9,11H2,1H3,(H,17,21)/t13-/m0/s1. The van der Waals surface area contributed by atoms with Crippen LogP contribution in [0.1, 0.15) is 44.0 Å². The van der Waals surface area contributed by atoms with Crippen molar-refractivity contribution >= 4 is 23.3 Å². The summed E-state index contributed by atoms with van der Waals surface area (Å²) in [6.07, 6.45) is 9.28. The van der Waals surface area contributed by atoms with Crippen LogP contribution in [0, 0.1) is 5.92 Å². The highest BCUT2D eigenvalue weighted by Crippen LogP contribution is 2.26. The average Bonchev–Trinajstić information content (AvgIpc) is 3.20. The average molecular weight is 318 g/mol. The molecule has 0 saturated heterocycles. The van der Waals surface area contributed by atoms with E-state index in [0.29, 0.717) is 0 Å². The van der Waals surface area contributed by atoms with Crippen molar-refractivity contribution in [2.75, 3.05) is 12.0 Å². The van der Waals surface area contributed by atoms with E-state index in [-0.39, 0.29) is 17.9 Å². The van der Waals surface area contributed by atoms with Crippen LogP contribution >= 0.6 is 11.8 Å². The number of amides is 1. The lowest BCUT2D eigenvalue weighted by Gasteiger charge is -2.19. The summed E-state index contributed by atoms with van der Waals surface area (Å²) in [4.78, 5) is 12.5. The number of carbonyl (C=O) groups is 1. The fourth-order valence-electron chi connectivity index (χ4n) is 3.08. The zero-order chi connectivity index (χ0) is 15.4. The molecule has 118 valence electrons. The Morgan fingerprint density at radius 1 is 1.41 bits per heavy atom. The van der Waals surface area contributed by atoms with Crippen LogP contribution in [0.4, 0.5) is 0 Å². The summed E-state index contributed by atoms with van der Waals surface area (Å²) in [6, 6.07) is 5.77. The fraction of sp³-hybridized carbons (Fsp3) is 0.562. The number of thioether (sulfide) groups is 1. The molecule has 1 aliphatic carbocycles. The molecular formula is C16H22N4OS. The van der Waals surface area contributed by atoms with Gasteiger partial charge in [-0.25, -0.2) is 0 Å². The molecule has 5 nitrogen and oxygen atoms in total. The molecule has 2 aromatic rings. The van der Waals surface area contributed by atoms with Crippen molar-refractivity contribution in [3.05, 3.63) is 30.2 Å². The van der Waals surface area contributed by atoms with Crippen LogP contribution in [0.3, 0.4) is 0 Å². The Labute approximate surface area is 134 Å². The van der Waals surface area contributed by atoms with Gasteiger partial charge in [0.1, 0.15) is 0 Å². The zero-order valence-corrected chi connectivity index (χ0v) is 13.7. The SMILES string of the molecule is CSCC[C@H](NC(=O)C1CCCC1)c1nnc2ccccn12. The second-order valence-electron chi connectivity index (χ2n) is 5.81. The van der Waals surface area contributed by atoms with Gasteiger partial charge in [-0.05, 0) is 43.4 Å². The zero-order valence-electron chi connectivity index (χ0n) is 12.9. The predicted octanol–water partition coefficient (Wildman–Crippen LogP) is 2.83. The maximum absolute atomic E-state index is 12.5. The third-order valence-electron chi connectivity index (χ3n) is 4.30. The molecule has 1 fully saturated rings. The van der Waals surface area contributed by atoms with E-state index in [1.807, 2.05) is 28.8 Å². The quantitative estimate of drug-likeness (QED) is 0.890. The molecule has 1 amide bonds. The molecular weight excluding hydrogens is 296 g/mol. The maximum Gasteiger partial charge on any atom is 0.223 e. The molecule has 0 bridgehead atoms. The fourth-order valence-corrected chi connectivity index (χ4v) is 3.55. The molecule has 0 unspecified atom stereocenters. The molecule has 0 spiro atoms. The van der Waals surface area contributed by atoms with Gasteiger partial charge in [0, 0.05) is 12.1 Å². The van der Waals surface area contributed by atoms with Gasteiger partial charge < -0.3 is 5.32 Å². The minimum absolute atomic E-state index is 0.0713.